The number of benzene rings is 1. The van der Waals surface area contributed by atoms with Gasteiger partial charge in [0, 0.05) is 18.7 Å². The van der Waals surface area contributed by atoms with E-state index in [0.29, 0.717) is 31.9 Å². The number of nitrogens with zero attached hydrogens (tertiary/aromatic N) is 2. The maximum Gasteiger partial charge on any atom is 0.411 e. The molecule has 1 aliphatic rings. The highest BCUT2D eigenvalue weighted by Crippen LogP contribution is 2.25. The maximum atomic E-state index is 11.8. The van der Waals surface area contributed by atoms with Gasteiger partial charge in [0.25, 0.3) is 0 Å². The third-order valence-corrected chi connectivity index (χ3v) is 3.16. The lowest BCUT2D eigenvalue weighted by atomic mass is 10.1. The summed E-state index contributed by atoms with van der Waals surface area (Å²) in [6.07, 6.45) is 0. The second-order valence-electron chi connectivity index (χ2n) is 4.41. The lowest BCUT2D eigenvalue weighted by molar-refractivity contribution is -0.420. The zero-order chi connectivity index (χ0) is 15.2. The minimum atomic E-state index is -0.953. The summed E-state index contributed by atoms with van der Waals surface area (Å²) >= 11 is 0. The highest BCUT2D eigenvalue weighted by atomic mass is 16.6. The molecule has 0 saturated carbocycles. The summed E-state index contributed by atoms with van der Waals surface area (Å²) in [5.41, 5.74) is 0.331. The zero-order valence-corrected chi connectivity index (χ0v) is 11.7. The van der Waals surface area contributed by atoms with E-state index in [1.165, 1.54) is 0 Å². The number of carbonyl (C=O) groups is 1. The maximum absolute atomic E-state index is 11.8. The van der Waals surface area contributed by atoms with Crippen molar-refractivity contribution in [3.63, 3.8) is 0 Å². The van der Waals surface area contributed by atoms with E-state index in [1.54, 1.807) is 29.2 Å². The molecule has 0 spiro atoms. The molecule has 1 aromatic rings. The zero-order valence-electron chi connectivity index (χ0n) is 11.7. The van der Waals surface area contributed by atoms with Crippen LogP contribution in [0, 0.1) is 10.1 Å². The Morgan fingerprint density at radius 3 is 2.43 bits per heavy atom. The Labute approximate surface area is 121 Å². The fourth-order valence-corrected chi connectivity index (χ4v) is 2.21. The van der Waals surface area contributed by atoms with Crippen molar-refractivity contribution in [1.29, 1.82) is 0 Å². The predicted octanol–water partition coefficient (Wildman–Crippen LogP) is 1.14. The SMILES string of the molecule is COC(=O)/C(=C(/c1ccccc1)N1CCOCC1)[N+](=O)[O-]. The molecule has 7 nitrogen and oxygen atoms in total. The molecule has 0 unspecified atom stereocenters. The molecular formula is C14H16N2O5. The van der Waals surface area contributed by atoms with Gasteiger partial charge in [0.05, 0.1) is 25.2 Å². The molecule has 0 N–H and O–H groups in total. The van der Waals surface area contributed by atoms with Crippen LogP contribution in [0.25, 0.3) is 5.70 Å². The molecular weight excluding hydrogens is 276 g/mol. The number of ether oxygens (including phenoxy) is 2. The molecule has 2 rings (SSSR count). The summed E-state index contributed by atoms with van der Waals surface area (Å²) in [5, 5.41) is 11.3. The van der Waals surface area contributed by atoms with E-state index < -0.39 is 16.6 Å². The number of esters is 1. The van der Waals surface area contributed by atoms with Crippen LogP contribution in [-0.4, -0.2) is 49.2 Å². The average molecular weight is 292 g/mol. The van der Waals surface area contributed by atoms with Gasteiger partial charge in [0.1, 0.15) is 5.70 Å². The monoisotopic (exact) mass is 292 g/mol. The highest BCUT2D eigenvalue weighted by Gasteiger charge is 2.33. The topological polar surface area (TPSA) is 81.9 Å². The quantitative estimate of drug-likeness (QED) is 0.358. The molecule has 0 radical (unpaired) electrons. The largest absolute Gasteiger partial charge is 0.461 e. The number of nitro groups is 1. The van der Waals surface area contributed by atoms with Gasteiger partial charge >= 0.3 is 11.7 Å². The fourth-order valence-electron chi connectivity index (χ4n) is 2.21. The van der Waals surface area contributed by atoms with Crippen molar-refractivity contribution in [2.45, 2.75) is 0 Å². The van der Waals surface area contributed by atoms with Crippen LogP contribution < -0.4 is 0 Å². The van der Waals surface area contributed by atoms with E-state index in [0.717, 1.165) is 7.11 Å². The van der Waals surface area contributed by atoms with E-state index in [1.807, 2.05) is 6.07 Å². The number of carbonyl (C=O) groups excluding carboxylic acids is 1. The first-order valence-electron chi connectivity index (χ1n) is 6.50. The second kappa shape index (κ2) is 6.85. The number of morpholine rings is 1. The number of rotatable bonds is 4. The first kappa shape index (κ1) is 15.0. The highest BCUT2D eigenvalue weighted by molar-refractivity contribution is 5.94. The predicted molar refractivity (Wildman–Crippen MR) is 74.8 cm³/mol. The van der Waals surface area contributed by atoms with Crippen LogP contribution in [0.3, 0.4) is 0 Å². The van der Waals surface area contributed by atoms with E-state index in [9.17, 15) is 14.9 Å². The van der Waals surface area contributed by atoms with E-state index in [2.05, 4.69) is 4.74 Å². The molecule has 1 aliphatic heterocycles. The van der Waals surface area contributed by atoms with Gasteiger partial charge in [-0.1, -0.05) is 30.3 Å². The van der Waals surface area contributed by atoms with E-state index >= 15 is 0 Å². The summed E-state index contributed by atoms with van der Waals surface area (Å²) in [7, 11) is 1.13. The fraction of sp³-hybridized carbons (Fsp3) is 0.357. The van der Waals surface area contributed by atoms with Crippen molar-refractivity contribution >= 4 is 11.7 Å². The van der Waals surface area contributed by atoms with Crippen LogP contribution in [0.15, 0.2) is 36.0 Å². The smallest absolute Gasteiger partial charge is 0.411 e. The Morgan fingerprint density at radius 1 is 1.29 bits per heavy atom. The summed E-state index contributed by atoms with van der Waals surface area (Å²) in [6.45, 7) is 1.89. The lowest BCUT2D eigenvalue weighted by Gasteiger charge is -2.30. The van der Waals surface area contributed by atoms with Crippen LogP contribution in [0.1, 0.15) is 5.56 Å². The summed E-state index contributed by atoms with van der Waals surface area (Å²) < 4.78 is 9.83. The molecule has 0 amide bonds. The average Bonchev–Trinajstić information content (AvgIpc) is 2.53. The molecule has 1 fully saturated rings. The molecule has 112 valence electrons. The van der Waals surface area contributed by atoms with Crippen molar-refractivity contribution in [3.8, 4) is 0 Å². The van der Waals surface area contributed by atoms with Crippen LogP contribution in [0.5, 0.6) is 0 Å². The Hall–Kier alpha value is -2.41. The molecule has 0 bridgehead atoms. The molecule has 1 saturated heterocycles. The van der Waals surface area contributed by atoms with Crippen molar-refractivity contribution < 1.29 is 19.2 Å². The van der Waals surface area contributed by atoms with Crippen LogP contribution in [-0.2, 0) is 14.3 Å². The molecule has 7 heteroatoms. The molecule has 0 atom stereocenters. The number of hydrogen-bond donors (Lipinski definition) is 0. The van der Waals surface area contributed by atoms with Crippen molar-refractivity contribution in [1.82, 2.24) is 4.90 Å². The minimum Gasteiger partial charge on any atom is -0.461 e. The number of methoxy groups -OCH3 is 1. The first-order valence-corrected chi connectivity index (χ1v) is 6.50. The number of hydrogen-bond acceptors (Lipinski definition) is 6. The van der Waals surface area contributed by atoms with Crippen LogP contribution >= 0.6 is 0 Å². The first-order chi connectivity index (χ1) is 10.1. The summed E-state index contributed by atoms with van der Waals surface area (Å²) in [6, 6.07) is 8.81. The molecule has 1 aromatic carbocycles. The Morgan fingerprint density at radius 2 is 1.90 bits per heavy atom. The van der Waals surface area contributed by atoms with Gasteiger partial charge in [-0.05, 0) is 0 Å². The Bertz CT molecular complexity index is 550. The molecule has 1 heterocycles. The normalized spacial score (nSPS) is 16.1. The molecule has 21 heavy (non-hydrogen) atoms. The van der Waals surface area contributed by atoms with Crippen LogP contribution in [0.2, 0.25) is 0 Å². The second-order valence-corrected chi connectivity index (χ2v) is 4.41. The van der Waals surface area contributed by atoms with Gasteiger partial charge < -0.3 is 14.4 Å². The van der Waals surface area contributed by atoms with Gasteiger partial charge in [-0.2, -0.15) is 0 Å². The van der Waals surface area contributed by atoms with Crippen LogP contribution in [0.4, 0.5) is 0 Å². The van der Waals surface area contributed by atoms with E-state index in [-0.39, 0.29) is 5.70 Å². The van der Waals surface area contributed by atoms with Gasteiger partial charge in [-0.3, -0.25) is 10.1 Å². The Balaban J connectivity index is 2.57. The van der Waals surface area contributed by atoms with Gasteiger partial charge in [0.2, 0.25) is 0 Å². The third-order valence-electron chi connectivity index (χ3n) is 3.16. The summed E-state index contributed by atoms with van der Waals surface area (Å²) in [4.78, 5) is 24.3. The molecule has 0 aliphatic carbocycles. The standard InChI is InChI=1S/C14H16N2O5/c1-20-14(17)13(16(18)19)12(11-5-3-2-4-6-11)15-7-9-21-10-8-15/h2-6H,7-10H2,1H3/b13-12+. The van der Waals surface area contributed by atoms with Gasteiger partial charge in [0.15, 0.2) is 0 Å². The van der Waals surface area contributed by atoms with Gasteiger partial charge in [-0.25, -0.2) is 4.79 Å². The van der Waals surface area contributed by atoms with Crippen molar-refractivity contribution in [3.05, 3.63) is 51.7 Å². The van der Waals surface area contributed by atoms with Gasteiger partial charge in [-0.15, -0.1) is 0 Å². The Kier molecular flexibility index (Phi) is 4.89. The lowest BCUT2D eigenvalue weighted by Crippen LogP contribution is -2.37. The van der Waals surface area contributed by atoms with E-state index in [4.69, 9.17) is 4.74 Å². The minimum absolute atomic E-state index is 0.274. The van der Waals surface area contributed by atoms with Crippen molar-refractivity contribution in [2.24, 2.45) is 0 Å². The third kappa shape index (κ3) is 3.38. The van der Waals surface area contributed by atoms with Crippen molar-refractivity contribution in [2.75, 3.05) is 33.4 Å². The molecule has 0 aromatic heterocycles. The summed E-state index contributed by atoms with van der Waals surface area (Å²) in [5.74, 6) is -0.953.